The molecule has 0 radical (unpaired) electrons. The van der Waals surface area contributed by atoms with Gasteiger partial charge in [-0.15, -0.1) is 0 Å². The number of hydrogen-bond acceptors (Lipinski definition) is 3. The zero-order valence-corrected chi connectivity index (χ0v) is 11.6. The van der Waals surface area contributed by atoms with Crippen LogP contribution >= 0.6 is 0 Å². The van der Waals surface area contributed by atoms with Crippen molar-refractivity contribution >= 4 is 0 Å². The minimum atomic E-state index is 0.484. The van der Waals surface area contributed by atoms with Gasteiger partial charge in [0.05, 0.1) is 0 Å². The zero-order valence-electron chi connectivity index (χ0n) is 11.6. The zero-order chi connectivity index (χ0) is 12.3. The lowest BCUT2D eigenvalue weighted by molar-refractivity contribution is 0.209. The number of nitrogens with two attached hydrogens (primary N) is 1. The fourth-order valence-electron chi connectivity index (χ4n) is 3.47. The van der Waals surface area contributed by atoms with Gasteiger partial charge >= 0.3 is 0 Å². The Bertz CT molecular complexity index is 232. The van der Waals surface area contributed by atoms with Gasteiger partial charge in [0.25, 0.3) is 0 Å². The molecule has 17 heavy (non-hydrogen) atoms. The summed E-state index contributed by atoms with van der Waals surface area (Å²) in [5.74, 6) is 0.791. The smallest absolute Gasteiger partial charge is 0.0220 e. The third-order valence-electron chi connectivity index (χ3n) is 4.79. The maximum Gasteiger partial charge on any atom is 0.0220 e. The molecule has 3 heteroatoms. The first-order chi connectivity index (χ1) is 8.16. The average Bonchev–Trinajstić information content (AvgIpc) is 2.86. The molecule has 0 aromatic heterocycles. The summed E-state index contributed by atoms with van der Waals surface area (Å²) in [5, 5.41) is 0. The van der Waals surface area contributed by atoms with E-state index < -0.39 is 0 Å². The molecule has 0 spiro atoms. The van der Waals surface area contributed by atoms with Crippen molar-refractivity contribution in [2.45, 2.75) is 50.6 Å². The molecular formula is C14H29N3. The third-order valence-corrected chi connectivity index (χ3v) is 4.79. The molecule has 2 aliphatic rings. The molecule has 2 rings (SSSR count). The lowest BCUT2D eigenvalue weighted by Gasteiger charge is -2.27. The van der Waals surface area contributed by atoms with E-state index in [4.69, 9.17) is 5.73 Å². The molecule has 100 valence electrons. The molecule has 0 amide bonds. The summed E-state index contributed by atoms with van der Waals surface area (Å²) in [6.07, 6.45) is 8.01. The summed E-state index contributed by atoms with van der Waals surface area (Å²) >= 11 is 0. The first-order valence-corrected chi connectivity index (χ1v) is 7.31. The Morgan fingerprint density at radius 3 is 2.65 bits per heavy atom. The van der Waals surface area contributed by atoms with E-state index in [1.54, 1.807) is 0 Å². The average molecular weight is 239 g/mol. The van der Waals surface area contributed by atoms with Crippen LogP contribution in [0.25, 0.3) is 0 Å². The minimum Gasteiger partial charge on any atom is -0.327 e. The predicted molar refractivity (Wildman–Crippen MR) is 73.1 cm³/mol. The van der Waals surface area contributed by atoms with Crippen molar-refractivity contribution in [1.82, 2.24) is 9.80 Å². The number of likely N-dealkylation sites (N-methyl/N-ethyl adjacent to an activating group) is 2. The predicted octanol–water partition coefficient (Wildman–Crippen LogP) is 1.53. The standard InChI is InChI=1S/C14H29N3/c1-16(11-13-6-4-9-17(13)2)10-8-12-5-3-7-14(12)15/h12-14H,3-11,15H2,1-2H3. The summed E-state index contributed by atoms with van der Waals surface area (Å²) in [7, 11) is 4.53. The van der Waals surface area contributed by atoms with Crippen molar-refractivity contribution in [2.24, 2.45) is 11.7 Å². The molecule has 3 unspecified atom stereocenters. The van der Waals surface area contributed by atoms with E-state index in [9.17, 15) is 0 Å². The first kappa shape index (κ1) is 13.3. The van der Waals surface area contributed by atoms with Crippen molar-refractivity contribution in [3.8, 4) is 0 Å². The Morgan fingerprint density at radius 2 is 2.06 bits per heavy atom. The molecule has 0 bridgehead atoms. The second-order valence-corrected chi connectivity index (χ2v) is 6.18. The van der Waals surface area contributed by atoms with Gasteiger partial charge in [-0.1, -0.05) is 6.42 Å². The van der Waals surface area contributed by atoms with Crippen LogP contribution in [-0.4, -0.2) is 55.6 Å². The van der Waals surface area contributed by atoms with Crippen molar-refractivity contribution in [2.75, 3.05) is 33.7 Å². The second-order valence-electron chi connectivity index (χ2n) is 6.18. The maximum absolute atomic E-state index is 6.12. The van der Waals surface area contributed by atoms with Crippen molar-refractivity contribution in [1.29, 1.82) is 0 Å². The van der Waals surface area contributed by atoms with Crippen LogP contribution in [0.15, 0.2) is 0 Å². The second kappa shape index (κ2) is 6.17. The molecule has 0 aromatic carbocycles. The van der Waals surface area contributed by atoms with E-state index >= 15 is 0 Å². The Balaban J connectivity index is 1.65. The summed E-state index contributed by atoms with van der Waals surface area (Å²) in [6, 6.07) is 1.27. The van der Waals surface area contributed by atoms with Gasteiger partial charge < -0.3 is 15.5 Å². The van der Waals surface area contributed by atoms with Crippen LogP contribution in [0.5, 0.6) is 0 Å². The highest BCUT2D eigenvalue weighted by Crippen LogP contribution is 2.27. The number of rotatable bonds is 5. The van der Waals surface area contributed by atoms with Gasteiger partial charge in [-0.3, -0.25) is 0 Å². The Morgan fingerprint density at radius 1 is 1.24 bits per heavy atom. The normalized spacial score (nSPS) is 34.9. The quantitative estimate of drug-likeness (QED) is 0.790. The van der Waals surface area contributed by atoms with Gasteiger partial charge in [0, 0.05) is 18.6 Å². The highest BCUT2D eigenvalue weighted by molar-refractivity contribution is 4.82. The molecule has 2 N–H and O–H groups in total. The SMILES string of the molecule is CN(CCC1CCCC1N)CC1CCCN1C. The molecule has 1 aliphatic carbocycles. The topological polar surface area (TPSA) is 32.5 Å². The molecule has 3 atom stereocenters. The Labute approximate surface area is 106 Å². The lowest BCUT2D eigenvalue weighted by atomic mass is 10.00. The van der Waals surface area contributed by atoms with Gasteiger partial charge in [-0.25, -0.2) is 0 Å². The van der Waals surface area contributed by atoms with E-state index in [-0.39, 0.29) is 0 Å². The van der Waals surface area contributed by atoms with Crippen LogP contribution in [0.3, 0.4) is 0 Å². The molecular weight excluding hydrogens is 210 g/mol. The monoisotopic (exact) mass is 239 g/mol. The highest BCUT2D eigenvalue weighted by atomic mass is 15.2. The highest BCUT2D eigenvalue weighted by Gasteiger charge is 2.25. The van der Waals surface area contributed by atoms with Gasteiger partial charge in [-0.2, -0.15) is 0 Å². The minimum absolute atomic E-state index is 0.484. The fraction of sp³-hybridized carbons (Fsp3) is 1.00. The van der Waals surface area contributed by atoms with Crippen LogP contribution in [0.2, 0.25) is 0 Å². The van der Waals surface area contributed by atoms with Crippen LogP contribution in [-0.2, 0) is 0 Å². The van der Waals surface area contributed by atoms with Crippen LogP contribution < -0.4 is 5.73 Å². The number of nitrogens with zero attached hydrogens (tertiary/aromatic N) is 2. The summed E-state index contributed by atoms with van der Waals surface area (Å²) in [5.41, 5.74) is 6.12. The molecule has 1 saturated heterocycles. The van der Waals surface area contributed by atoms with Crippen molar-refractivity contribution in [3.05, 3.63) is 0 Å². The molecule has 0 aromatic rings. The Hall–Kier alpha value is -0.120. The molecule has 1 heterocycles. The van der Waals surface area contributed by atoms with E-state index in [2.05, 4.69) is 23.9 Å². The Kier molecular flexibility index (Phi) is 4.83. The van der Waals surface area contributed by atoms with E-state index in [1.165, 1.54) is 58.2 Å². The number of hydrogen-bond donors (Lipinski definition) is 1. The van der Waals surface area contributed by atoms with E-state index in [1.807, 2.05) is 0 Å². The van der Waals surface area contributed by atoms with E-state index in [0.29, 0.717) is 6.04 Å². The fourth-order valence-corrected chi connectivity index (χ4v) is 3.47. The van der Waals surface area contributed by atoms with Crippen LogP contribution in [0.1, 0.15) is 38.5 Å². The number of likely N-dealkylation sites (tertiary alicyclic amines) is 1. The first-order valence-electron chi connectivity index (χ1n) is 7.31. The van der Waals surface area contributed by atoms with Crippen molar-refractivity contribution < 1.29 is 0 Å². The molecule has 1 saturated carbocycles. The van der Waals surface area contributed by atoms with Crippen molar-refractivity contribution in [3.63, 3.8) is 0 Å². The van der Waals surface area contributed by atoms with Gasteiger partial charge in [0.1, 0.15) is 0 Å². The van der Waals surface area contributed by atoms with Gasteiger partial charge in [-0.05, 0) is 65.2 Å². The van der Waals surface area contributed by atoms with Gasteiger partial charge in [0.2, 0.25) is 0 Å². The lowest BCUT2D eigenvalue weighted by Crippen LogP contribution is -2.38. The molecule has 2 fully saturated rings. The summed E-state index contributed by atoms with van der Waals surface area (Å²) in [4.78, 5) is 5.02. The summed E-state index contributed by atoms with van der Waals surface area (Å²) in [6.45, 7) is 3.74. The largest absolute Gasteiger partial charge is 0.327 e. The van der Waals surface area contributed by atoms with Crippen LogP contribution in [0.4, 0.5) is 0 Å². The third kappa shape index (κ3) is 3.67. The summed E-state index contributed by atoms with van der Waals surface area (Å²) < 4.78 is 0. The van der Waals surface area contributed by atoms with Gasteiger partial charge in [0.15, 0.2) is 0 Å². The maximum atomic E-state index is 6.12. The van der Waals surface area contributed by atoms with E-state index in [0.717, 1.165) is 12.0 Å². The molecule has 1 aliphatic heterocycles. The van der Waals surface area contributed by atoms with Crippen LogP contribution in [0, 0.1) is 5.92 Å². The molecule has 3 nitrogen and oxygen atoms in total.